The Bertz CT molecular complexity index is 448. The fourth-order valence-corrected chi connectivity index (χ4v) is 2.44. The lowest BCUT2D eigenvalue weighted by Crippen LogP contribution is -2.16. The second-order valence-corrected chi connectivity index (χ2v) is 4.91. The van der Waals surface area contributed by atoms with Crippen LogP contribution in [0.3, 0.4) is 0 Å². The molecule has 6 heteroatoms. The fraction of sp³-hybridized carbons (Fsp3) is 0.538. The van der Waals surface area contributed by atoms with Gasteiger partial charge in [0.25, 0.3) is 0 Å². The van der Waals surface area contributed by atoms with Gasteiger partial charge in [-0.15, -0.1) is 0 Å². The summed E-state index contributed by atoms with van der Waals surface area (Å²) in [6.45, 7) is 1.13. The number of pyridine rings is 1. The summed E-state index contributed by atoms with van der Waals surface area (Å²) in [5.74, 6) is -0.672. The van der Waals surface area contributed by atoms with Gasteiger partial charge in [-0.3, -0.25) is 0 Å². The molecule has 1 saturated carbocycles. The highest BCUT2D eigenvalue weighted by molar-refractivity contribution is 6.35. The number of halogens is 1. The number of aromatic nitrogens is 1. The monoisotopic (exact) mass is 284 g/mol. The van der Waals surface area contributed by atoms with Crippen molar-refractivity contribution in [3.63, 3.8) is 0 Å². The summed E-state index contributed by atoms with van der Waals surface area (Å²) in [5, 5.41) is 12.1. The molecule has 0 aliphatic heterocycles. The van der Waals surface area contributed by atoms with Crippen molar-refractivity contribution in [2.75, 3.05) is 18.5 Å². The average Bonchev–Trinajstić information content (AvgIpc) is 2.89. The third kappa shape index (κ3) is 3.81. The van der Waals surface area contributed by atoms with Crippen LogP contribution in [0.25, 0.3) is 0 Å². The summed E-state index contributed by atoms with van der Waals surface area (Å²) in [4.78, 5) is 14.9. The first-order valence-electron chi connectivity index (χ1n) is 6.41. The van der Waals surface area contributed by atoms with E-state index in [4.69, 9.17) is 21.4 Å². The quantitative estimate of drug-likeness (QED) is 0.786. The Balaban J connectivity index is 1.82. The van der Waals surface area contributed by atoms with Crippen molar-refractivity contribution in [1.29, 1.82) is 0 Å². The van der Waals surface area contributed by atoms with E-state index in [9.17, 15) is 4.79 Å². The summed E-state index contributed by atoms with van der Waals surface area (Å²) in [5.41, 5.74) is 0.0517. The second kappa shape index (κ2) is 6.73. The third-order valence-corrected chi connectivity index (χ3v) is 3.55. The van der Waals surface area contributed by atoms with Crippen LogP contribution in [0.2, 0.25) is 5.02 Å². The number of carboxylic acid groups (broad SMARTS) is 1. The van der Waals surface area contributed by atoms with Crippen LogP contribution in [0.15, 0.2) is 12.3 Å². The van der Waals surface area contributed by atoms with E-state index in [1.54, 1.807) is 0 Å². The molecule has 1 aromatic rings. The van der Waals surface area contributed by atoms with Gasteiger partial charge in [-0.05, 0) is 18.9 Å². The van der Waals surface area contributed by atoms with Crippen molar-refractivity contribution in [3.05, 3.63) is 22.8 Å². The molecule has 0 bridgehead atoms. The Morgan fingerprint density at radius 1 is 1.53 bits per heavy atom. The molecular formula is C13H17ClN2O3. The predicted molar refractivity (Wildman–Crippen MR) is 72.9 cm³/mol. The Morgan fingerprint density at radius 3 is 2.95 bits per heavy atom. The SMILES string of the molecule is O=C(O)c1ccnc(NCCOC2CCCC2)c1Cl. The van der Waals surface area contributed by atoms with Gasteiger partial charge >= 0.3 is 5.97 Å². The van der Waals surface area contributed by atoms with Crippen LogP contribution in [0, 0.1) is 0 Å². The van der Waals surface area contributed by atoms with Crippen LogP contribution in [0.4, 0.5) is 5.82 Å². The van der Waals surface area contributed by atoms with Crippen LogP contribution in [0.5, 0.6) is 0 Å². The van der Waals surface area contributed by atoms with E-state index in [1.165, 1.54) is 25.1 Å². The third-order valence-electron chi connectivity index (χ3n) is 3.17. The molecule has 1 aliphatic carbocycles. The molecule has 1 heterocycles. The minimum absolute atomic E-state index is 0.0517. The maximum Gasteiger partial charge on any atom is 0.337 e. The normalized spacial score (nSPS) is 15.6. The summed E-state index contributed by atoms with van der Waals surface area (Å²) in [6, 6.07) is 1.38. The lowest BCUT2D eigenvalue weighted by atomic mass is 10.2. The molecule has 1 aliphatic rings. The number of carboxylic acids is 1. The van der Waals surface area contributed by atoms with Crippen molar-refractivity contribution in [1.82, 2.24) is 4.98 Å². The molecule has 104 valence electrons. The molecule has 0 radical (unpaired) electrons. The van der Waals surface area contributed by atoms with E-state index in [0.717, 1.165) is 12.8 Å². The number of hydrogen-bond donors (Lipinski definition) is 2. The lowest BCUT2D eigenvalue weighted by Gasteiger charge is -2.12. The van der Waals surface area contributed by atoms with E-state index >= 15 is 0 Å². The topological polar surface area (TPSA) is 71.5 Å². The number of hydrogen-bond acceptors (Lipinski definition) is 4. The van der Waals surface area contributed by atoms with E-state index in [0.29, 0.717) is 25.1 Å². The van der Waals surface area contributed by atoms with Crippen molar-refractivity contribution in [3.8, 4) is 0 Å². The maximum atomic E-state index is 10.9. The highest BCUT2D eigenvalue weighted by Gasteiger charge is 2.15. The molecule has 0 spiro atoms. The van der Waals surface area contributed by atoms with Crippen LogP contribution in [-0.4, -0.2) is 35.3 Å². The maximum absolute atomic E-state index is 10.9. The molecular weight excluding hydrogens is 268 g/mol. The van der Waals surface area contributed by atoms with Gasteiger partial charge < -0.3 is 15.2 Å². The van der Waals surface area contributed by atoms with Gasteiger partial charge in [0.15, 0.2) is 0 Å². The van der Waals surface area contributed by atoms with Crippen LogP contribution in [0.1, 0.15) is 36.0 Å². The zero-order valence-electron chi connectivity index (χ0n) is 10.6. The highest BCUT2D eigenvalue weighted by atomic mass is 35.5. The van der Waals surface area contributed by atoms with E-state index in [-0.39, 0.29) is 10.6 Å². The molecule has 5 nitrogen and oxygen atoms in total. The molecule has 0 aromatic carbocycles. The fourth-order valence-electron chi connectivity index (χ4n) is 2.18. The van der Waals surface area contributed by atoms with Crippen LogP contribution < -0.4 is 5.32 Å². The highest BCUT2D eigenvalue weighted by Crippen LogP contribution is 2.23. The molecule has 19 heavy (non-hydrogen) atoms. The lowest BCUT2D eigenvalue weighted by molar-refractivity contribution is 0.0658. The second-order valence-electron chi connectivity index (χ2n) is 4.53. The predicted octanol–water partition coefficient (Wildman–Crippen LogP) is 2.80. The number of anilines is 1. The number of aromatic carboxylic acids is 1. The summed E-state index contributed by atoms with van der Waals surface area (Å²) >= 11 is 5.96. The average molecular weight is 285 g/mol. The standard InChI is InChI=1S/C13H17ClN2O3/c14-11-10(13(17)18)5-6-15-12(11)16-7-8-19-9-3-1-2-4-9/h5-6,9H,1-4,7-8H2,(H,15,16)(H,17,18). The Kier molecular flexibility index (Phi) is 4.99. The minimum Gasteiger partial charge on any atom is -0.478 e. The van der Waals surface area contributed by atoms with Gasteiger partial charge in [-0.25, -0.2) is 9.78 Å². The van der Waals surface area contributed by atoms with Gasteiger partial charge in [0.1, 0.15) is 5.82 Å². The number of nitrogens with one attached hydrogen (secondary N) is 1. The van der Waals surface area contributed by atoms with Crippen LogP contribution >= 0.6 is 11.6 Å². The molecule has 1 fully saturated rings. The smallest absolute Gasteiger partial charge is 0.337 e. The molecule has 0 amide bonds. The molecule has 0 saturated heterocycles. The van der Waals surface area contributed by atoms with Gasteiger partial charge in [0.2, 0.25) is 0 Å². The van der Waals surface area contributed by atoms with Crippen molar-refractivity contribution in [2.24, 2.45) is 0 Å². The van der Waals surface area contributed by atoms with E-state index < -0.39 is 5.97 Å². The first-order chi connectivity index (χ1) is 9.18. The first kappa shape index (κ1) is 14.1. The molecule has 1 aromatic heterocycles. The minimum atomic E-state index is -1.06. The molecule has 2 rings (SSSR count). The molecule has 0 unspecified atom stereocenters. The first-order valence-corrected chi connectivity index (χ1v) is 6.79. The Hall–Kier alpha value is -1.33. The summed E-state index contributed by atoms with van der Waals surface area (Å²) < 4.78 is 5.69. The molecule has 0 atom stereocenters. The van der Waals surface area contributed by atoms with Gasteiger partial charge in [0.05, 0.1) is 23.3 Å². The number of nitrogens with zero attached hydrogens (tertiary/aromatic N) is 1. The van der Waals surface area contributed by atoms with E-state index in [2.05, 4.69) is 10.3 Å². The Labute approximate surface area is 116 Å². The summed E-state index contributed by atoms with van der Waals surface area (Å²) in [6.07, 6.45) is 6.55. The zero-order chi connectivity index (χ0) is 13.7. The number of ether oxygens (including phenoxy) is 1. The number of rotatable bonds is 6. The Morgan fingerprint density at radius 2 is 2.26 bits per heavy atom. The van der Waals surface area contributed by atoms with Crippen molar-refractivity contribution >= 4 is 23.4 Å². The largest absolute Gasteiger partial charge is 0.478 e. The van der Waals surface area contributed by atoms with Crippen molar-refractivity contribution in [2.45, 2.75) is 31.8 Å². The van der Waals surface area contributed by atoms with Crippen molar-refractivity contribution < 1.29 is 14.6 Å². The molecule has 2 N–H and O–H groups in total. The number of carbonyl (C=O) groups is 1. The van der Waals surface area contributed by atoms with E-state index in [1.807, 2.05) is 0 Å². The zero-order valence-corrected chi connectivity index (χ0v) is 11.3. The summed E-state index contributed by atoms with van der Waals surface area (Å²) in [7, 11) is 0. The van der Waals surface area contributed by atoms with Crippen LogP contribution in [-0.2, 0) is 4.74 Å². The van der Waals surface area contributed by atoms with Gasteiger partial charge in [-0.1, -0.05) is 24.4 Å². The van der Waals surface area contributed by atoms with Gasteiger partial charge in [-0.2, -0.15) is 0 Å². The van der Waals surface area contributed by atoms with Gasteiger partial charge in [0, 0.05) is 12.7 Å².